The number of fused-ring (bicyclic) bond motifs is 4. The number of rotatable bonds is 2. The number of aromatic nitrogens is 1. The van der Waals surface area contributed by atoms with Crippen LogP contribution in [0.3, 0.4) is 0 Å². The number of nitriles is 1. The monoisotopic (exact) mass is 412 g/mol. The normalized spacial score (nSPS) is 20.1. The topological polar surface area (TPSA) is 87.8 Å². The minimum Gasteiger partial charge on any atom is -0.468 e. The molecule has 2 aliphatic heterocycles. The van der Waals surface area contributed by atoms with Gasteiger partial charge in [-0.1, -0.05) is 0 Å². The number of aliphatic imine (C=N–C) groups is 1. The third-order valence-electron chi connectivity index (χ3n) is 6.29. The quantitative estimate of drug-likeness (QED) is 0.594. The number of ether oxygens (including phenoxy) is 2. The van der Waals surface area contributed by atoms with Crippen LogP contribution in [0.1, 0.15) is 25.0 Å². The third kappa shape index (κ3) is 2.55. The maximum absolute atomic E-state index is 12.3. The van der Waals surface area contributed by atoms with E-state index < -0.39 is 11.1 Å². The lowest BCUT2D eigenvalue weighted by Crippen LogP contribution is -2.63. The van der Waals surface area contributed by atoms with Crippen molar-refractivity contribution in [1.29, 1.82) is 5.26 Å². The molecule has 1 atom stereocenters. The van der Waals surface area contributed by atoms with Gasteiger partial charge in [0.25, 0.3) is 0 Å². The molecule has 3 aromatic rings. The van der Waals surface area contributed by atoms with E-state index in [1.165, 1.54) is 7.11 Å². The van der Waals surface area contributed by atoms with Crippen molar-refractivity contribution in [2.75, 3.05) is 18.6 Å². The van der Waals surface area contributed by atoms with Crippen molar-refractivity contribution in [3.8, 4) is 11.8 Å². The average Bonchev–Trinajstić information content (AvgIpc) is 2.96. The Morgan fingerprint density at radius 3 is 2.87 bits per heavy atom. The van der Waals surface area contributed by atoms with Crippen molar-refractivity contribution in [2.24, 2.45) is 4.99 Å². The lowest BCUT2D eigenvalue weighted by atomic mass is 9.77. The second-order valence-electron chi connectivity index (χ2n) is 8.20. The van der Waals surface area contributed by atoms with Crippen LogP contribution in [0, 0.1) is 11.3 Å². The van der Waals surface area contributed by atoms with Crippen LogP contribution < -0.4 is 9.64 Å². The van der Waals surface area contributed by atoms with Gasteiger partial charge in [0.15, 0.2) is 0 Å². The van der Waals surface area contributed by atoms with Crippen LogP contribution in [0.25, 0.3) is 10.8 Å². The zero-order valence-corrected chi connectivity index (χ0v) is 17.4. The number of esters is 1. The van der Waals surface area contributed by atoms with Crippen molar-refractivity contribution in [2.45, 2.75) is 25.0 Å². The Hall–Kier alpha value is -3.92. The molecule has 1 aromatic heterocycles. The Kier molecular flexibility index (Phi) is 4.02. The number of carbonyl (C=O) groups is 1. The average molecular weight is 412 g/mol. The molecule has 0 radical (unpaired) electrons. The van der Waals surface area contributed by atoms with E-state index in [1.807, 2.05) is 49.1 Å². The Morgan fingerprint density at radius 2 is 2.10 bits per heavy atom. The lowest BCUT2D eigenvalue weighted by molar-refractivity contribution is -0.139. The van der Waals surface area contributed by atoms with Crippen LogP contribution >= 0.6 is 0 Å². The fourth-order valence-electron chi connectivity index (χ4n) is 4.55. The molecular formula is C24H20N4O3. The van der Waals surface area contributed by atoms with E-state index in [0.29, 0.717) is 11.3 Å². The van der Waals surface area contributed by atoms with Crippen LogP contribution in [-0.2, 0) is 14.9 Å². The zero-order chi connectivity index (χ0) is 21.8. The first-order valence-corrected chi connectivity index (χ1v) is 9.91. The summed E-state index contributed by atoms with van der Waals surface area (Å²) in [5.41, 5.74) is 1.33. The number of hydrogen-bond donors (Lipinski definition) is 0. The van der Waals surface area contributed by atoms with Gasteiger partial charge in [0.1, 0.15) is 18.0 Å². The Balaban J connectivity index is 1.71. The van der Waals surface area contributed by atoms with E-state index in [-0.39, 0.29) is 12.5 Å². The van der Waals surface area contributed by atoms with Gasteiger partial charge in [-0.05, 0) is 55.8 Å². The molecule has 0 bridgehead atoms. The molecule has 7 nitrogen and oxygen atoms in total. The molecule has 0 saturated heterocycles. The molecule has 154 valence electrons. The summed E-state index contributed by atoms with van der Waals surface area (Å²) in [7, 11) is 1.36. The maximum atomic E-state index is 12.3. The first kappa shape index (κ1) is 19.1. The van der Waals surface area contributed by atoms with E-state index in [0.717, 1.165) is 27.7 Å². The molecule has 2 aliphatic rings. The molecule has 0 aliphatic carbocycles. The molecule has 5 rings (SSSR count). The van der Waals surface area contributed by atoms with Crippen LogP contribution in [-0.4, -0.2) is 36.5 Å². The number of hydrogen-bond acceptors (Lipinski definition) is 7. The summed E-state index contributed by atoms with van der Waals surface area (Å²) in [6, 6.07) is 13.4. The van der Waals surface area contributed by atoms with Crippen LogP contribution in [0.2, 0.25) is 0 Å². The van der Waals surface area contributed by atoms with Gasteiger partial charge in [-0.3, -0.25) is 14.8 Å². The summed E-state index contributed by atoms with van der Waals surface area (Å²) < 4.78 is 11.6. The minimum atomic E-state index is -1.06. The highest BCUT2D eigenvalue weighted by atomic mass is 16.5. The molecule has 0 saturated carbocycles. The fourth-order valence-corrected chi connectivity index (χ4v) is 4.55. The van der Waals surface area contributed by atoms with Gasteiger partial charge in [-0.15, -0.1) is 0 Å². The SMILES string of the molecule is COC(=O)CN1c2ccc(C#N)cc2C(C)(C)C12C=Nc1c(ccc3cnccc13)O2. The predicted molar refractivity (Wildman–Crippen MR) is 117 cm³/mol. The number of anilines is 1. The standard InChI is InChI=1S/C24H20N4O3/c1-23(2)18-10-15(11-25)4-6-19(18)28(13-21(29)30-3)24(23)14-27-22-17-8-9-26-12-16(17)5-7-20(22)31-24/h4-10,12,14H,13H2,1-3H3. The Labute approximate surface area is 179 Å². The number of methoxy groups -OCH3 is 1. The molecule has 0 N–H and O–H groups in total. The molecule has 7 heteroatoms. The smallest absolute Gasteiger partial charge is 0.325 e. The summed E-state index contributed by atoms with van der Waals surface area (Å²) >= 11 is 0. The summed E-state index contributed by atoms with van der Waals surface area (Å²) in [6.07, 6.45) is 5.28. The highest BCUT2D eigenvalue weighted by Gasteiger charge is 2.60. The number of pyridine rings is 1. The Morgan fingerprint density at radius 1 is 1.26 bits per heavy atom. The number of nitrogens with zero attached hydrogens (tertiary/aromatic N) is 4. The van der Waals surface area contributed by atoms with E-state index in [1.54, 1.807) is 24.7 Å². The van der Waals surface area contributed by atoms with Gasteiger partial charge in [0, 0.05) is 28.9 Å². The fraction of sp³-hybridized carbons (Fsp3) is 0.250. The van der Waals surface area contributed by atoms with Crippen molar-refractivity contribution in [3.05, 3.63) is 59.9 Å². The third-order valence-corrected chi connectivity index (χ3v) is 6.29. The molecule has 3 heterocycles. The van der Waals surface area contributed by atoms with Gasteiger partial charge in [0.2, 0.25) is 5.72 Å². The largest absolute Gasteiger partial charge is 0.468 e. The van der Waals surface area contributed by atoms with E-state index in [9.17, 15) is 10.1 Å². The highest BCUT2D eigenvalue weighted by Crippen LogP contribution is 2.54. The predicted octanol–water partition coefficient (Wildman–Crippen LogP) is 3.87. The van der Waals surface area contributed by atoms with Crippen LogP contribution in [0.4, 0.5) is 11.4 Å². The summed E-state index contributed by atoms with van der Waals surface area (Å²) in [6.45, 7) is 4.05. The van der Waals surface area contributed by atoms with Crippen molar-refractivity contribution < 1.29 is 14.3 Å². The molecule has 31 heavy (non-hydrogen) atoms. The van der Waals surface area contributed by atoms with Gasteiger partial charge in [-0.2, -0.15) is 5.26 Å². The van der Waals surface area contributed by atoms with Crippen molar-refractivity contribution >= 4 is 34.3 Å². The van der Waals surface area contributed by atoms with E-state index in [2.05, 4.69) is 11.1 Å². The van der Waals surface area contributed by atoms with Gasteiger partial charge >= 0.3 is 5.97 Å². The molecule has 0 fully saturated rings. The second-order valence-corrected chi connectivity index (χ2v) is 8.20. The molecular weight excluding hydrogens is 392 g/mol. The minimum absolute atomic E-state index is 0.0162. The number of carbonyl (C=O) groups excluding carboxylic acids is 1. The van der Waals surface area contributed by atoms with Crippen molar-refractivity contribution in [3.63, 3.8) is 0 Å². The summed E-state index contributed by atoms with van der Waals surface area (Å²) in [4.78, 5) is 23.2. The van der Waals surface area contributed by atoms with Crippen LogP contribution in [0.15, 0.2) is 53.8 Å². The van der Waals surface area contributed by atoms with Crippen LogP contribution in [0.5, 0.6) is 5.75 Å². The summed E-state index contributed by atoms with van der Waals surface area (Å²) in [5.74, 6) is 0.234. The molecule has 1 unspecified atom stereocenters. The van der Waals surface area contributed by atoms with Crippen molar-refractivity contribution in [1.82, 2.24) is 4.98 Å². The maximum Gasteiger partial charge on any atom is 0.325 e. The van der Waals surface area contributed by atoms with E-state index >= 15 is 0 Å². The zero-order valence-electron chi connectivity index (χ0n) is 17.4. The first-order valence-electron chi connectivity index (χ1n) is 9.91. The highest BCUT2D eigenvalue weighted by molar-refractivity contribution is 6.00. The molecule has 1 spiro atoms. The summed E-state index contributed by atoms with van der Waals surface area (Å²) in [5, 5.41) is 11.3. The molecule has 0 amide bonds. The lowest BCUT2D eigenvalue weighted by Gasteiger charge is -2.45. The van der Waals surface area contributed by atoms with Gasteiger partial charge in [-0.25, -0.2) is 0 Å². The molecule has 2 aromatic carbocycles. The first-order chi connectivity index (χ1) is 14.9. The Bertz CT molecular complexity index is 1310. The van der Waals surface area contributed by atoms with Gasteiger partial charge in [0.05, 0.1) is 30.4 Å². The number of benzene rings is 2. The van der Waals surface area contributed by atoms with E-state index in [4.69, 9.17) is 14.5 Å². The second kappa shape index (κ2) is 6.54. The van der Waals surface area contributed by atoms with Gasteiger partial charge < -0.3 is 14.4 Å².